The molecule has 1 aliphatic carbocycles. The molecular weight excluding hydrogens is 320 g/mol. The molecule has 2 N–H and O–H groups in total. The van der Waals surface area contributed by atoms with Gasteiger partial charge in [0.1, 0.15) is 0 Å². The molecule has 2 fully saturated rings. The summed E-state index contributed by atoms with van der Waals surface area (Å²) in [5, 5.41) is 12.5. The first-order chi connectivity index (χ1) is 12.0. The van der Waals surface area contributed by atoms with Gasteiger partial charge in [-0.2, -0.15) is 0 Å². The second kappa shape index (κ2) is 9.78. The van der Waals surface area contributed by atoms with Crippen molar-refractivity contribution in [3.63, 3.8) is 0 Å². The number of piperidine rings is 1. The highest BCUT2D eigenvalue weighted by molar-refractivity contribution is 5.82. The number of carbonyl (C=O) groups is 3. The number of rotatable bonds is 5. The normalized spacial score (nSPS) is 27.9. The Kier molecular flexibility index (Phi) is 7.72. The Morgan fingerprint density at radius 1 is 1.04 bits per heavy atom. The molecule has 0 spiro atoms. The number of carbonyl (C=O) groups excluding carboxylic acids is 2. The van der Waals surface area contributed by atoms with Crippen LogP contribution in [0.4, 0.5) is 0 Å². The van der Waals surface area contributed by atoms with Crippen molar-refractivity contribution in [2.45, 2.75) is 77.2 Å². The van der Waals surface area contributed by atoms with E-state index in [9.17, 15) is 19.5 Å². The number of nitrogens with one attached hydrogen (secondary N) is 1. The standard InChI is InChI=1S/C19H32N2O4/c1-2-8-17(22)21-12-7-9-14(13-21)18(23)20-16-11-6-4-3-5-10-15(16)19(24)25/h14-16H,2-13H2,1H3,(H,20,23)(H,24,25). The van der Waals surface area contributed by atoms with Crippen LogP contribution in [0.1, 0.15) is 71.1 Å². The van der Waals surface area contributed by atoms with Crippen LogP contribution < -0.4 is 5.32 Å². The molecule has 1 saturated carbocycles. The van der Waals surface area contributed by atoms with Gasteiger partial charge in [0.05, 0.1) is 11.8 Å². The van der Waals surface area contributed by atoms with E-state index in [0.717, 1.165) is 57.9 Å². The average Bonchev–Trinajstić information content (AvgIpc) is 2.57. The number of hydrogen-bond acceptors (Lipinski definition) is 3. The monoisotopic (exact) mass is 352 g/mol. The summed E-state index contributed by atoms with van der Waals surface area (Å²) < 4.78 is 0. The van der Waals surface area contributed by atoms with Crippen LogP contribution in [-0.2, 0) is 14.4 Å². The summed E-state index contributed by atoms with van der Waals surface area (Å²) in [6, 6.07) is -0.285. The highest BCUT2D eigenvalue weighted by Gasteiger charge is 2.33. The van der Waals surface area contributed by atoms with Crippen LogP contribution in [0.2, 0.25) is 0 Å². The van der Waals surface area contributed by atoms with E-state index in [0.29, 0.717) is 19.4 Å². The van der Waals surface area contributed by atoms with Crippen LogP contribution in [0.25, 0.3) is 0 Å². The van der Waals surface area contributed by atoms with Gasteiger partial charge in [0.25, 0.3) is 0 Å². The summed E-state index contributed by atoms with van der Waals surface area (Å²) in [5.74, 6) is -1.48. The summed E-state index contributed by atoms with van der Waals surface area (Å²) in [6.45, 7) is 3.17. The van der Waals surface area contributed by atoms with Crippen LogP contribution >= 0.6 is 0 Å². The van der Waals surface area contributed by atoms with Crippen molar-refractivity contribution in [2.75, 3.05) is 13.1 Å². The predicted octanol–water partition coefficient (Wildman–Crippen LogP) is 2.56. The van der Waals surface area contributed by atoms with E-state index in [1.54, 1.807) is 4.90 Å². The lowest BCUT2D eigenvalue weighted by atomic mass is 9.86. The van der Waals surface area contributed by atoms with Crippen molar-refractivity contribution in [3.8, 4) is 0 Å². The topological polar surface area (TPSA) is 86.7 Å². The Bertz CT molecular complexity index is 480. The first-order valence-electron chi connectivity index (χ1n) is 9.84. The van der Waals surface area contributed by atoms with E-state index >= 15 is 0 Å². The number of carboxylic acid groups (broad SMARTS) is 1. The minimum absolute atomic E-state index is 0.0779. The van der Waals surface area contributed by atoms with Gasteiger partial charge >= 0.3 is 5.97 Å². The van der Waals surface area contributed by atoms with Gasteiger partial charge in [-0.05, 0) is 32.1 Å². The smallest absolute Gasteiger partial charge is 0.308 e. The van der Waals surface area contributed by atoms with Crippen molar-refractivity contribution in [3.05, 3.63) is 0 Å². The molecule has 3 atom stereocenters. The zero-order chi connectivity index (χ0) is 18.2. The van der Waals surface area contributed by atoms with E-state index in [1.165, 1.54) is 0 Å². The van der Waals surface area contributed by atoms with Crippen molar-refractivity contribution < 1.29 is 19.5 Å². The lowest BCUT2D eigenvalue weighted by molar-refractivity contribution is -0.143. The fraction of sp³-hybridized carbons (Fsp3) is 0.842. The van der Waals surface area contributed by atoms with Crippen LogP contribution in [0.15, 0.2) is 0 Å². The molecule has 1 saturated heterocycles. The van der Waals surface area contributed by atoms with Gasteiger partial charge in [0, 0.05) is 25.6 Å². The maximum absolute atomic E-state index is 12.7. The Morgan fingerprint density at radius 2 is 1.76 bits per heavy atom. The quantitative estimate of drug-likeness (QED) is 0.796. The molecule has 6 heteroatoms. The van der Waals surface area contributed by atoms with Gasteiger partial charge in [0.15, 0.2) is 0 Å². The summed E-state index contributed by atoms with van der Waals surface area (Å²) in [5.41, 5.74) is 0. The largest absolute Gasteiger partial charge is 0.481 e. The van der Waals surface area contributed by atoms with Crippen molar-refractivity contribution >= 4 is 17.8 Å². The Hall–Kier alpha value is -1.59. The highest BCUT2D eigenvalue weighted by Crippen LogP contribution is 2.25. The second-order valence-electron chi connectivity index (χ2n) is 7.48. The van der Waals surface area contributed by atoms with Gasteiger partial charge in [-0.1, -0.05) is 32.6 Å². The van der Waals surface area contributed by atoms with E-state index in [1.807, 2.05) is 6.92 Å². The van der Waals surface area contributed by atoms with Gasteiger partial charge in [-0.3, -0.25) is 14.4 Å². The van der Waals surface area contributed by atoms with Crippen molar-refractivity contribution in [1.29, 1.82) is 0 Å². The summed E-state index contributed by atoms with van der Waals surface area (Å²) >= 11 is 0. The fourth-order valence-electron chi connectivity index (χ4n) is 4.04. The predicted molar refractivity (Wildman–Crippen MR) is 95.0 cm³/mol. The van der Waals surface area contributed by atoms with Gasteiger partial charge in [0.2, 0.25) is 11.8 Å². The fourth-order valence-corrected chi connectivity index (χ4v) is 4.04. The molecule has 0 radical (unpaired) electrons. The molecule has 0 aromatic rings. The molecule has 0 aromatic heterocycles. The first-order valence-corrected chi connectivity index (χ1v) is 9.84. The number of likely N-dealkylation sites (tertiary alicyclic amines) is 1. The number of aliphatic carboxylic acids is 1. The van der Waals surface area contributed by atoms with Gasteiger partial charge < -0.3 is 15.3 Å². The molecule has 3 unspecified atom stereocenters. The lowest BCUT2D eigenvalue weighted by Crippen LogP contribution is -2.50. The SMILES string of the molecule is CCCC(=O)N1CCCC(C(=O)NC2CCCCCCC2C(=O)O)C1. The first kappa shape index (κ1) is 19.7. The molecule has 1 aliphatic heterocycles. The maximum Gasteiger partial charge on any atom is 0.308 e. The molecular formula is C19H32N2O4. The third-order valence-electron chi connectivity index (χ3n) is 5.52. The lowest BCUT2D eigenvalue weighted by Gasteiger charge is -2.34. The summed E-state index contributed by atoms with van der Waals surface area (Å²) in [7, 11) is 0. The Balaban J connectivity index is 1.95. The summed E-state index contributed by atoms with van der Waals surface area (Å²) in [4.78, 5) is 38.2. The molecule has 1 heterocycles. The zero-order valence-electron chi connectivity index (χ0n) is 15.3. The highest BCUT2D eigenvalue weighted by atomic mass is 16.4. The molecule has 142 valence electrons. The number of nitrogens with zero attached hydrogens (tertiary/aromatic N) is 1. The molecule has 2 rings (SSSR count). The molecule has 2 amide bonds. The molecule has 25 heavy (non-hydrogen) atoms. The van der Waals surface area contributed by atoms with Gasteiger partial charge in [-0.25, -0.2) is 0 Å². The zero-order valence-corrected chi connectivity index (χ0v) is 15.3. The van der Waals surface area contributed by atoms with E-state index in [2.05, 4.69) is 5.32 Å². The van der Waals surface area contributed by atoms with E-state index in [-0.39, 0.29) is 23.8 Å². The third kappa shape index (κ3) is 5.72. The molecule has 6 nitrogen and oxygen atoms in total. The minimum Gasteiger partial charge on any atom is -0.481 e. The molecule has 2 aliphatic rings. The Morgan fingerprint density at radius 3 is 2.44 bits per heavy atom. The number of hydrogen-bond donors (Lipinski definition) is 2. The second-order valence-corrected chi connectivity index (χ2v) is 7.48. The van der Waals surface area contributed by atoms with Crippen LogP contribution in [0, 0.1) is 11.8 Å². The van der Waals surface area contributed by atoms with Gasteiger partial charge in [-0.15, -0.1) is 0 Å². The van der Waals surface area contributed by atoms with Crippen LogP contribution in [-0.4, -0.2) is 46.9 Å². The molecule has 0 bridgehead atoms. The minimum atomic E-state index is -0.810. The Labute approximate surface area is 150 Å². The summed E-state index contributed by atoms with van der Waals surface area (Å²) in [6.07, 6.45) is 8.34. The molecule has 0 aromatic carbocycles. The number of carboxylic acids is 1. The number of amides is 2. The van der Waals surface area contributed by atoms with Crippen LogP contribution in [0.3, 0.4) is 0 Å². The van der Waals surface area contributed by atoms with E-state index in [4.69, 9.17) is 0 Å². The van der Waals surface area contributed by atoms with Crippen LogP contribution in [0.5, 0.6) is 0 Å². The van der Waals surface area contributed by atoms with E-state index < -0.39 is 11.9 Å². The average molecular weight is 352 g/mol. The van der Waals surface area contributed by atoms with Crippen molar-refractivity contribution in [2.24, 2.45) is 11.8 Å². The maximum atomic E-state index is 12.7. The van der Waals surface area contributed by atoms with Crippen molar-refractivity contribution in [1.82, 2.24) is 10.2 Å². The third-order valence-corrected chi connectivity index (χ3v) is 5.52.